The lowest BCUT2D eigenvalue weighted by Gasteiger charge is -2.33. The van der Waals surface area contributed by atoms with E-state index in [2.05, 4.69) is 11.9 Å². The van der Waals surface area contributed by atoms with Crippen molar-refractivity contribution in [3.8, 4) is 0 Å². The van der Waals surface area contributed by atoms with Crippen molar-refractivity contribution in [1.82, 2.24) is 10.2 Å². The fraction of sp³-hybridized carbons (Fsp3) is 0.429. The van der Waals surface area contributed by atoms with Gasteiger partial charge in [0.25, 0.3) is 0 Å². The van der Waals surface area contributed by atoms with E-state index in [4.69, 9.17) is 0 Å². The van der Waals surface area contributed by atoms with Crippen LogP contribution in [0.15, 0.2) is 30.9 Å². The second-order valence-corrected chi connectivity index (χ2v) is 4.74. The molecule has 1 heterocycles. The molecule has 1 fully saturated rings. The van der Waals surface area contributed by atoms with Gasteiger partial charge in [0.2, 0.25) is 0 Å². The first-order valence-corrected chi connectivity index (χ1v) is 6.37. The maximum atomic E-state index is 13.5. The summed E-state index contributed by atoms with van der Waals surface area (Å²) in [6.07, 6.45) is -2.99. The van der Waals surface area contributed by atoms with Gasteiger partial charge in [0.1, 0.15) is 5.82 Å². The maximum absolute atomic E-state index is 13.5. The third-order valence-corrected chi connectivity index (χ3v) is 3.36. The van der Waals surface area contributed by atoms with E-state index in [0.29, 0.717) is 19.2 Å². The monoisotopic (exact) mass is 288 g/mol. The number of nitrogens with zero attached hydrogens (tertiary/aromatic N) is 1. The van der Waals surface area contributed by atoms with Crippen molar-refractivity contribution in [2.75, 3.05) is 26.2 Å². The number of benzene rings is 1. The fourth-order valence-electron chi connectivity index (χ4n) is 2.40. The third kappa shape index (κ3) is 3.37. The largest absolute Gasteiger partial charge is 0.416 e. The highest BCUT2D eigenvalue weighted by molar-refractivity contribution is 5.31. The van der Waals surface area contributed by atoms with E-state index in [-0.39, 0.29) is 5.56 Å². The summed E-state index contributed by atoms with van der Waals surface area (Å²) >= 11 is 0. The van der Waals surface area contributed by atoms with Crippen molar-refractivity contribution in [1.29, 1.82) is 0 Å². The molecule has 1 aliphatic rings. The van der Waals surface area contributed by atoms with Gasteiger partial charge < -0.3 is 5.32 Å². The smallest absolute Gasteiger partial charge is 0.314 e. The number of hydrogen-bond donors (Lipinski definition) is 1. The Kier molecular flexibility index (Phi) is 4.45. The van der Waals surface area contributed by atoms with Crippen molar-refractivity contribution in [3.05, 3.63) is 47.8 Å². The van der Waals surface area contributed by atoms with Gasteiger partial charge in [-0.2, -0.15) is 13.2 Å². The molecule has 1 saturated heterocycles. The summed E-state index contributed by atoms with van der Waals surface area (Å²) < 4.78 is 51.7. The molecule has 0 aromatic heterocycles. The van der Waals surface area contributed by atoms with Crippen molar-refractivity contribution in [2.24, 2.45) is 0 Å². The van der Waals surface area contributed by atoms with Gasteiger partial charge in [0.15, 0.2) is 0 Å². The lowest BCUT2D eigenvalue weighted by molar-refractivity contribution is -0.137. The normalized spacial score (nSPS) is 18.8. The molecule has 2 nitrogen and oxygen atoms in total. The lowest BCUT2D eigenvalue weighted by atomic mass is 10.0. The first-order chi connectivity index (χ1) is 9.41. The number of nitrogens with one attached hydrogen (secondary N) is 1. The van der Waals surface area contributed by atoms with Crippen LogP contribution in [0.25, 0.3) is 0 Å². The number of halogens is 4. The second-order valence-electron chi connectivity index (χ2n) is 4.74. The van der Waals surface area contributed by atoms with Gasteiger partial charge in [-0.15, -0.1) is 6.58 Å². The Morgan fingerprint density at radius 1 is 1.20 bits per heavy atom. The SMILES string of the molecule is C=C[C@H](c1cc(F)cc(C(F)(F)F)c1)N1CCNCC1. The van der Waals surface area contributed by atoms with Gasteiger partial charge in [0.05, 0.1) is 11.6 Å². The van der Waals surface area contributed by atoms with Crippen molar-refractivity contribution < 1.29 is 17.6 Å². The van der Waals surface area contributed by atoms with E-state index in [9.17, 15) is 17.6 Å². The van der Waals surface area contributed by atoms with Gasteiger partial charge in [-0.05, 0) is 23.8 Å². The van der Waals surface area contributed by atoms with Crippen LogP contribution in [0.2, 0.25) is 0 Å². The molecular formula is C14H16F4N2. The average Bonchev–Trinajstić information content (AvgIpc) is 2.39. The first-order valence-electron chi connectivity index (χ1n) is 6.37. The Morgan fingerprint density at radius 2 is 1.85 bits per heavy atom. The minimum absolute atomic E-state index is 0.286. The Hall–Kier alpha value is -1.40. The van der Waals surface area contributed by atoms with E-state index in [1.807, 2.05) is 4.90 Å². The van der Waals surface area contributed by atoms with E-state index >= 15 is 0 Å². The van der Waals surface area contributed by atoms with Crippen LogP contribution in [0.3, 0.4) is 0 Å². The van der Waals surface area contributed by atoms with Gasteiger partial charge in [0, 0.05) is 26.2 Å². The Balaban J connectivity index is 2.33. The van der Waals surface area contributed by atoms with E-state index in [1.165, 1.54) is 0 Å². The Labute approximate surface area is 115 Å². The van der Waals surface area contributed by atoms with E-state index in [0.717, 1.165) is 25.2 Å². The summed E-state index contributed by atoms with van der Waals surface area (Å²) in [7, 11) is 0. The molecular weight excluding hydrogens is 272 g/mol. The Morgan fingerprint density at radius 3 is 2.40 bits per heavy atom. The van der Waals surface area contributed by atoms with Crippen molar-refractivity contribution in [3.63, 3.8) is 0 Å². The minimum atomic E-state index is -4.55. The number of piperazine rings is 1. The number of rotatable bonds is 3. The summed E-state index contributed by atoms with van der Waals surface area (Å²) in [5, 5.41) is 3.16. The standard InChI is InChI=1S/C14H16F4N2/c1-2-13(20-5-3-19-4-6-20)10-7-11(14(16,17)18)9-12(15)8-10/h2,7-9,13,19H,1,3-6H2/t13-/m1/s1. The summed E-state index contributed by atoms with van der Waals surface area (Å²) in [4.78, 5) is 1.98. The number of hydrogen-bond acceptors (Lipinski definition) is 2. The van der Waals surface area contributed by atoms with E-state index < -0.39 is 23.6 Å². The topological polar surface area (TPSA) is 15.3 Å². The molecule has 1 atom stereocenters. The van der Waals surface area contributed by atoms with Crippen LogP contribution in [0.4, 0.5) is 17.6 Å². The van der Waals surface area contributed by atoms with Crippen LogP contribution in [-0.2, 0) is 6.18 Å². The van der Waals surface area contributed by atoms with Gasteiger partial charge in [-0.25, -0.2) is 4.39 Å². The molecule has 1 aromatic rings. The highest BCUT2D eigenvalue weighted by atomic mass is 19.4. The van der Waals surface area contributed by atoms with Crippen molar-refractivity contribution in [2.45, 2.75) is 12.2 Å². The zero-order chi connectivity index (χ0) is 14.8. The molecule has 1 N–H and O–H groups in total. The van der Waals surface area contributed by atoms with Crippen LogP contribution in [-0.4, -0.2) is 31.1 Å². The molecule has 0 saturated carbocycles. The predicted molar refractivity (Wildman–Crippen MR) is 68.8 cm³/mol. The average molecular weight is 288 g/mol. The molecule has 2 rings (SSSR count). The van der Waals surface area contributed by atoms with Crippen LogP contribution in [0, 0.1) is 5.82 Å². The number of alkyl halides is 3. The van der Waals surface area contributed by atoms with Crippen LogP contribution >= 0.6 is 0 Å². The second kappa shape index (κ2) is 5.93. The quantitative estimate of drug-likeness (QED) is 0.679. The zero-order valence-corrected chi connectivity index (χ0v) is 10.9. The van der Waals surface area contributed by atoms with Crippen molar-refractivity contribution >= 4 is 0 Å². The summed E-state index contributed by atoms with van der Waals surface area (Å²) in [6, 6.07) is 2.25. The highest BCUT2D eigenvalue weighted by Gasteiger charge is 2.32. The molecule has 0 aliphatic carbocycles. The Bertz CT molecular complexity index is 479. The van der Waals surface area contributed by atoms with Crippen LogP contribution in [0.5, 0.6) is 0 Å². The molecule has 0 spiro atoms. The van der Waals surface area contributed by atoms with Gasteiger partial charge >= 0.3 is 6.18 Å². The highest BCUT2D eigenvalue weighted by Crippen LogP contribution is 2.33. The minimum Gasteiger partial charge on any atom is -0.314 e. The first kappa shape index (κ1) is 15.0. The van der Waals surface area contributed by atoms with Gasteiger partial charge in [-0.1, -0.05) is 6.08 Å². The fourth-order valence-corrected chi connectivity index (χ4v) is 2.40. The third-order valence-electron chi connectivity index (χ3n) is 3.36. The maximum Gasteiger partial charge on any atom is 0.416 e. The molecule has 110 valence electrons. The summed E-state index contributed by atoms with van der Waals surface area (Å²) in [5.74, 6) is -0.878. The lowest BCUT2D eigenvalue weighted by Crippen LogP contribution is -2.44. The molecule has 1 aliphatic heterocycles. The van der Waals surface area contributed by atoms with Crippen LogP contribution in [0.1, 0.15) is 17.2 Å². The molecule has 1 aromatic carbocycles. The predicted octanol–water partition coefficient (Wildman–Crippen LogP) is 2.98. The summed E-state index contributed by atoms with van der Waals surface area (Å²) in [6.45, 7) is 6.56. The molecule has 0 unspecified atom stereocenters. The van der Waals surface area contributed by atoms with E-state index in [1.54, 1.807) is 6.08 Å². The zero-order valence-electron chi connectivity index (χ0n) is 10.9. The molecule has 0 bridgehead atoms. The van der Waals surface area contributed by atoms with Gasteiger partial charge in [-0.3, -0.25) is 4.90 Å². The van der Waals surface area contributed by atoms with Crippen LogP contribution < -0.4 is 5.32 Å². The molecule has 6 heteroatoms. The summed E-state index contributed by atoms with van der Waals surface area (Å²) in [5.41, 5.74) is -0.677. The molecule has 0 amide bonds. The molecule has 20 heavy (non-hydrogen) atoms. The molecule has 0 radical (unpaired) electrons.